The van der Waals surface area contributed by atoms with Crippen molar-refractivity contribution >= 4 is 5.97 Å². The normalized spacial score (nSPS) is 20.1. The second kappa shape index (κ2) is 6.85. The minimum atomic E-state index is -1.15. The second-order valence-corrected chi connectivity index (χ2v) is 6.68. The van der Waals surface area contributed by atoms with Crippen molar-refractivity contribution in [3.8, 4) is 11.8 Å². The molecule has 140 valence electrons. The van der Waals surface area contributed by atoms with Gasteiger partial charge in [0.25, 0.3) is 5.56 Å². The molecule has 0 amide bonds. The Morgan fingerprint density at radius 2 is 2.15 bits per heavy atom. The van der Waals surface area contributed by atoms with Crippen LogP contribution >= 0.6 is 0 Å². The van der Waals surface area contributed by atoms with E-state index in [1.54, 1.807) is 39.0 Å². The molecule has 0 fully saturated rings. The maximum atomic E-state index is 12.5. The van der Waals surface area contributed by atoms with Gasteiger partial charge in [0.05, 0.1) is 18.2 Å². The van der Waals surface area contributed by atoms with Crippen molar-refractivity contribution in [2.45, 2.75) is 38.5 Å². The Morgan fingerprint density at radius 3 is 2.81 bits per heavy atom. The number of esters is 1. The Balaban J connectivity index is 2.21. The summed E-state index contributed by atoms with van der Waals surface area (Å²) in [7, 11) is 0. The van der Waals surface area contributed by atoms with Gasteiger partial charge in [-0.3, -0.25) is 4.79 Å². The molecule has 1 N–H and O–H groups in total. The van der Waals surface area contributed by atoms with Gasteiger partial charge in [-0.15, -0.1) is 0 Å². The molecular formula is C19H19N3O5. The molecule has 2 atom stereocenters. The van der Waals surface area contributed by atoms with Crippen molar-refractivity contribution in [1.82, 2.24) is 9.78 Å². The van der Waals surface area contributed by atoms with Gasteiger partial charge in [-0.05, 0) is 45.0 Å². The summed E-state index contributed by atoms with van der Waals surface area (Å²) in [6, 6.07) is 8.33. The molecule has 2 aromatic rings. The number of benzene rings is 1. The zero-order valence-corrected chi connectivity index (χ0v) is 15.2. The van der Waals surface area contributed by atoms with Gasteiger partial charge < -0.3 is 14.6 Å². The van der Waals surface area contributed by atoms with E-state index in [1.165, 1.54) is 12.1 Å². The molecule has 1 aliphatic rings. The van der Waals surface area contributed by atoms with Crippen LogP contribution in [0.4, 0.5) is 0 Å². The predicted molar refractivity (Wildman–Crippen MR) is 94.5 cm³/mol. The number of fused-ring (bicyclic) bond motifs is 1. The van der Waals surface area contributed by atoms with E-state index >= 15 is 0 Å². The summed E-state index contributed by atoms with van der Waals surface area (Å²) in [5.41, 5.74) is -0.781. The molecule has 8 heteroatoms. The Kier molecular flexibility index (Phi) is 4.72. The van der Waals surface area contributed by atoms with E-state index in [2.05, 4.69) is 5.10 Å². The minimum absolute atomic E-state index is 0.0501. The van der Waals surface area contributed by atoms with E-state index in [0.717, 1.165) is 4.68 Å². The average Bonchev–Trinajstić information content (AvgIpc) is 2.63. The van der Waals surface area contributed by atoms with Crippen molar-refractivity contribution in [2.24, 2.45) is 0 Å². The van der Waals surface area contributed by atoms with Gasteiger partial charge in [-0.25, -0.2) is 9.48 Å². The zero-order valence-electron chi connectivity index (χ0n) is 15.2. The number of nitriles is 1. The SMILES string of the molecule is CCOC(=O)c1ccc(=O)n(C2c3cc(C#N)ccc3OC(C)(C)[C@H]2O)n1. The van der Waals surface area contributed by atoms with Crippen LogP contribution in [-0.4, -0.2) is 39.2 Å². The van der Waals surface area contributed by atoms with Crippen molar-refractivity contribution in [2.75, 3.05) is 6.61 Å². The smallest absolute Gasteiger partial charge is 0.358 e. The van der Waals surface area contributed by atoms with E-state index in [0.29, 0.717) is 16.9 Å². The molecular weight excluding hydrogens is 350 g/mol. The maximum Gasteiger partial charge on any atom is 0.358 e. The molecule has 0 saturated heterocycles. The number of aliphatic hydroxyl groups excluding tert-OH is 1. The third-order valence-electron chi connectivity index (χ3n) is 4.41. The first-order valence-electron chi connectivity index (χ1n) is 8.46. The molecule has 3 rings (SSSR count). The van der Waals surface area contributed by atoms with Crippen LogP contribution in [-0.2, 0) is 4.74 Å². The Labute approximate surface area is 155 Å². The van der Waals surface area contributed by atoms with Crippen LogP contribution < -0.4 is 10.3 Å². The van der Waals surface area contributed by atoms with Gasteiger partial charge in [0.1, 0.15) is 23.5 Å². The van der Waals surface area contributed by atoms with Gasteiger partial charge in [0.15, 0.2) is 5.69 Å². The second-order valence-electron chi connectivity index (χ2n) is 6.68. The van der Waals surface area contributed by atoms with Crippen molar-refractivity contribution in [3.63, 3.8) is 0 Å². The van der Waals surface area contributed by atoms with Crippen molar-refractivity contribution < 1.29 is 19.4 Å². The summed E-state index contributed by atoms with van der Waals surface area (Å²) < 4.78 is 11.8. The number of carbonyl (C=O) groups excluding carboxylic acids is 1. The summed E-state index contributed by atoms with van der Waals surface area (Å²) >= 11 is 0. The number of nitrogens with zero attached hydrogens (tertiary/aromatic N) is 3. The van der Waals surface area contributed by atoms with Gasteiger partial charge in [-0.2, -0.15) is 10.4 Å². The molecule has 8 nitrogen and oxygen atoms in total. The highest BCUT2D eigenvalue weighted by molar-refractivity contribution is 5.86. The van der Waals surface area contributed by atoms with Gasteiger partial charge in [-0.1, -0.05) is 0 Å². The molecule has 2 heterocycles. The predicted octanol–water partition coefficient (Wildman–Crippen LogP) is 1.41. The van der Waals surface area contributed by atoms with E-state index < -0.39 is 29.3 Å². The first kappa shape index (κ1) is 18.6. The summed E-state index contributed by atoms with van der Waals surface area (Å²) in [5.74, 6) is -0.234. The lowest BCUT2D eigenvalue weighted by Crippen LogP contribution is -2.52. The Morgan fingerprint density at radius 1 is 1.41 bits per heavy atom. The quantitative estimate of drug-likeness (QED) is 0.814. The fraction of sp³-hybridized carbons (Fsp3) is 0.368. The molecule has 27 heavy (non-hydrogen) atoms. The molecule has 0 saturated carbocycles. The number of carbonyl (C=O) groups is 1. The van der Waals surface area contributed by atoms with E-state index in [4.69, 9.17) is 9.47 Å². The summed E-state index contributed by atoms with van der Waals surface area (Å²) in [6.45, 7) is 5.21. The van der Waals surface area contributed by atoms with E-state index in [9.17, 15) is 20.0 Å². The molecule has 1 aliphatic heterocycles. The largest absolute Gasteiger partial charge is 0.485 e. The standard InChI is InChI=1S/C19H19N3O5/c1-4-26-18(25)13-6-8-15(23)22(21-13)16-12-9-11(10-20)5-7-14(12)27-19(2,3)17(16)24/h5-9,16-17,24H,4H2,1-3H3/t16?,17-/m0/s1. The van der Waals surface area contributed by atoms with E-state index in [-0.39, 0.29) is 12.3 Å². The van der Waals surface area contributed by atoms with Crippen LogP contribution in [0.5, 0.6) is 5.75 Å². The average molecular weight is 369 g/mol. The van der Waals surface area contributed by atoms with Gasteiger partial charge in [0, 0.05) is 11.6 Å². The highest BCUT2D eigenvalue weighted by atomic mass is 16.5. The van der Waals surface area contributed by atoms with Crippen LogP contribution in [0.3, 0.4) is 0 Å². The number of rotatable bonds is 3. The number of aromatic nitrogens is 2. The summed E-state index contributed by atoms with van der Waals surface area (Å²) in [6.07, 6.45) is -1.15. The number of hydrogen-bond donors (Lipinski definition) is 1. The monoisotopic (exact) mass is 369 g/mol. The molecule has 1 aromatic heterocycles. The van der Waals surface area contributed by atoms with Crippen LogP contribution in [0.25, 0.3) is 0 Å². The fourth-order valence-electron chi connectivity index (χ4n) is 3.04. The van der Waals surface area contributed by atoms with Gasteiger partial charge >= 0.3 is 5.97 Å². The van der Waals surface area contributed by atoms with Crippen LogP contribution in [0.1, 0.15) is 48.4 Å². The van der Waals surface area contributed by atoms with Crippen molar-refractivity contribution in [1.29, 1.82) is 5.26 Å². The molecule has 0 radical (unpaired) electrons. The summed E-state index contributed by atoms with van der Waals surface area (Å²) in [5, 5.41) is 24.2. The number of hydrogen-bond acceptors (Lipinski definition) is 7. The topological polar surface area (TPSA) is 114 Å². The first-order chi connectivity index (χ1) is 12.8. The molecule has 0 bridgehead atoms. The fourth-order valence-corrected chi connectivity index (χ4v) is 3.04. The third kappa shape index (κ3) is 3.29. The maximum absolute atomic E-state index is 12.5. The van der Waals surface area contributed by atoms with Gasteiger partial charge in [0.2, 0.25) is 0 Å². The third-order valence-corrected chi connectivity index (χ3v) is 4.41. The highest BCUT2D eigenvalue weighted by Gasteiger charge is 2.45. The number of ether oxygens (including phenoxy) is 2. The first-order valence-corrected chi connectivity index (χ1v) is 8.46. The minimum Gasteiger partial charge on any atom is -0.485 e. The van der Waals surface area contributed by atoms with E-state index in [1.807, 2.05) is 6.07 Å². The molecule has 0 aliphatic carbocycles. The zero-order chi connectivity index (χ0) is 19.8. The van der Waals surface area contributed by atoms with Crippen LogP contribution in [0.15, 0.2) is 35.1 Å². The molecule has 1 aromatic carbocycles. The Bertz CT molecular complexity index is 990. The van der Waals surface area contributed by atoms with Crippen LogP contribution in [0.2, 0.25) is 0 Å². The molecule has 1 unspecified atom stereocenters. The Hall–Kier alpha value is -3.18. The molecule has 0 spiro atoms. The number of aliphatic hydroxyl groups is 1. The van der Waals surface area contributed by atoms with Crippen LogP contribution in [0, 0.1) is 11.3 Å². The lowest BCUT2D eigenvalue weighted by molar-refractivity contribution is -0.0667. The lowest BCUT2D eigenvalue weighted by atomic mass is 9.86. The summed E-state index contributed by atoms with van der Waals surface area (Å²) in [4.78, 5) is 24.5. The lowest BCUT2D eigenvalue weighted by Gasteiger charge is -2.42. The highest BCUT2D eigenvalue weighted by Crippen LogP contribution is 2.41. The van der Waals surface area contributed by atoms with Crippen molar-refractivity contribution in [3.05, 3.63) is 57.5 Å².